The predicted molar refractivity (Wildman–Crippen MR) is 136 cm³/mol. The van der Waals surface area contributed by atoms with Crippen molar-refractivity contribution in [3.8, 4) is 11.8 Å². The van der Waals surface area contributed by atoms with E-state index in [9.17, 15) is 46.2 Å². The van der Waals surface area contributed by atoms with Gasteiger partial charge in [-0.05, 0) is 5.92 Å². The van der Waals surface area contributed by atoms with Gasteiger partial charge in [-0.2, -0.15) is 26.8 Å². The molecule has 2 heterocycles. The van der Waals surface area contributed by atoms with Gasteiger partial charge in [0.1, 0.15) is 18.1 Å². The highest BCUT2D eigenvalue weighted by molar-refractivity contribution is 7.66. The number of ether oxygens (including phenoxy) is 2. The third-order valence-electron chi connectivity index (χ3n) is 5.40. The molecule has 0 aliphatic carbocycles. The molecule has 7 N–H and O–H groups in total. The van der Waals surface area contributed by atoms with E-state index in [0.717, 1.165) is 10.8 Å². The molecule has 0 radical (unpaired) electrons. The Kier molecular flexibility index (Phi) is 12.7. The number of hydrogen-bond donors (Lipinski definition) is 6. The summed E-state index contributed by atoms with van der Waals surface area (Å²) in [5, 5.41) is 1.53. The number of anilines is 1. The molecule has 2 rings (SSSR count). The normalized spacial score (nSPS) is 22.6. The number of hydrogen-bond acceptors (Lipinski definition) is 12. The second-order valence-corrected chi connectivity index (χ2v) is 13.3. The number of nitrogens with two attached hydrogens (primary N) is 1. The molecule has 244 valence electrons. The SMILES string of the molecule is CCC(C)CO[C@@H]1C[C@H](n2cc(C#CCNC(=O)C(F)(F)F)c(N)nc2=O)OC1COP(=O)(O)OP(=O)(O)OP(=O)(O)O. The van der Waals surface area contributed by atoms with Gasteiger partial charge in [-0.15, -0.1) is 0 Å². The molecule has 0 spiro atoms. The van der Waals surface area contributed by atoms with Crippen LogP contribution in [0.3, 0.4) is 0 Å². The third kappa shape index (κ3) is 12.4. The Balaban J connectivity index is 2.23. The van der Waals surface area contributed by atoms with Crippen molar-refractivity contribution in [2.75, 3.05) is 25.5 Å². The monoisotopic (exact) mass is 686 g/mol. The number of amides is 1. The van der Waals surface area contributed by atoms with Crippen molar-refractivity contribution in [3.05, 3.63) is 22.2 Å². The fourth-order valence-electron chi connectivity index (χ4n) is 3.22. The zero-order chi connectivity index (χ0) is 32.8. The fraction of sp³-hybridized carbons (Fsp3) is 0.632. The van der Waals surface area contributed by atoms with Crippen LogP contribution in [0.5, 0.6) is 0 Å². The third-order valence-corrected chi connectivity index (χ3v) is 9.20. The molecule has 4 unspecified atom stereocenters. The maximum Gasteiger partial charge on any atom is 0.490 e. The predicted octanol–water partition coefficient (Wildman–Crippen LogP) is 0.918. The minimum absolute atomic E-state index is 0.0404. The number of phosphoric acid groups is 3. The molecule has 1 aliphatic rings. The summed E-state index contributed by atoms with van der Waals surface area (Å²) in [6.45, 7) is 2.31. The van der Waals surface area contributed by atoms with Crippen LogP contribution in [0.15, 0.2) is 11.0 Å². The Hall–Kier alpha value is -2.17. The van der Waals surface area contributed by atoms with Crippen molar-refractivity contribution in [3.63, 3.8) is 0 Å². The molecule has 1 aliphatic heterocycles. The lowest BCUT2D eigenvalue weighted by atomic mass is 10.1. The van der Waals surface area contributed by atoms with Gasteiger partial charge in [0.25, 0.3) is 0 Å². The van der Waals surface area contributed by atoms with E-state index in [1.807, 2.05) is 13.8 Å². The van der Waals surface area contributed by atoms with Crippen LogP contribution < -0.4 is 16.7 Å². The zero-order valence-electron chi connectivity index (χ0n) is 22.2. The van der Waals surface area contributed by atoms with Gasteiger partial charge in [0.05, 0.1) is 24.8 Å². The number of alkyl halides is 3. The topological polar surface area (TPSA) is 268 Å². The van der Waals surface area contributed by atoms with Crippen LogP contribution in [0, 0.1) is 17.8 Å². The molecule has 0 aromatic carbocycles. The van der Waals surface area contributed by atoms with Crippen molar-refractivity contribution in [1.29, 1.82) is 0 Å². The van der Waals surface area contributed by atoms with Crippen molar-refractivity contribution in [1.82, 2.24) is 14.9 Å². The molecule has 18 nitrogen and oxygen atoms in total. The van der Waals surface area contributed by atoms with Crippen LogP contribution in [0.4, 0.5) is 19.0 Å². The van der Waals surface area contributed by atoms with Gasteiger partial charge in [-0.25, -0.2) is 18.5 Å². The Morgan fingerprint density at radius 1 is 1.26 bits per heavy atom. The van der Waals surface area contributed by atoms with E-state index in [1.165, 1.54) is 5.32 Å². The molecule has 1 fully saturated rings. The smallest absolute Gasteiger partial charge is 0.382 e. The van der Waals surface area contributed by atoms with Gasteiger partial charge < -0.3 is 40.1 Å². The number of phosphoric ester groups is 1. The minimum Gasteiger partial charge on any atom is -0.382 e. The summed E-state index contributed by atoms with van der Waals surface area (Å²) in [6.07, 6.45) is -6.80. The average molecular weight is 686 g/mol. The molecule has 1 saturated heterocycles. The number of nitrogen functional groups attached to an aromatic ring is 1. The lowest BCUT2D eigenvalue weighted by Crippen LogP contribution is -2.36. The Labute approximate surface area is 241 Å². The lowest BCUT2D eigenvalue weighted by molar-refractivity contribution is -0.173. The van der Waals surface area contributed by atoms with E-state index in [-0.39, 0.29) is 30.3 Å². The largest absolute Gasteiger partial charge is 0.490 e. The van der Waals surface area contributed by atoms with Crippen molar-refractivity contribution >= 4 is 35.2 Å². The molecule has 0 saturated carbocycles. The van der Waals surface area contributed by atoms with E-state index in [2.05, 4.69) is 30.0 Å². The van der Waals surface area contributed by atoms with Crippen LogP contribution in [-0.2, 0) is 41.1 Å². The number of nitrogens with zero attached hydrogens (tertiary/aromatic N) is 2. The molecule has 1 aromatic rings. The summed E-state index contributed by atoms with van der Waals surface area (Å²) < 4.78 is 95.9. The summed E-state index contributed by atoms with van der Waals surface area (Å²) in [5.41, 5.74) is 4.60. The van der Waals surface area contributed by atoms with Crippen LogP contribution in [0.2, 0.25) is 0 Å². The first kappa shape index (κ1) is 37.0. The van der Waals surface area contributed by atoms with E-state index in [1.54, 1.807) is 0 Å². The van der Waals surface area contributed by atoms with Gasteiger partial charge in [0.2, 0.25) is 0 Å². The Bertz CT molecular complexity index is 1420. The highest BCUT2D eigenvalue weighted by Gasteiger charge is 2.44. The van der Waals surface area contributed by atoms with Gasteiger partial charge in [0, 0.05) is 19.2 Å². The zero-order valence-corrected chi connectivity index (χ0v) is 24.9. The maximum absolute atomic E-state index is 12.6. The second-order valence-electron chi connectivity index (χ2n) is 8.85. The van der Waals surface area contributed by atoms with E-state index >= 15 is 0 Å². The van der Waals surface area contributed by atoms with Crippen molar-refractivity contribution < 1.29 is 73.9 Å². The summed E-state index contributed by atoms with van der Waals surface area (Å²) in [6, 6.07) is 0. The second kappa shape index (κ2) is 14.7. The molecule has 24 heteroatoms. The summed E-state index contributed by atoms with van der Waals surface area (Å²) in [5.74, 6) is 2.03. The first-order chi connectivity index (χ1) is 19.6. The number of carbonyl (C=O) groups is 1. The average Bonchev–Trinajstić information content (AvgIpc) is 3.24. The van der Waals surface area contributed by atoms with E-state index in [0.29, 0.717) is 6.42 Å². The van der Waals surface area contributed by atoms with Gasteiger partial charge in [-0.3, -0.25) is 13.9 Å². The molecular formula is C19H28F3N4O14P3. The number of halogens is 3. The highest BCUT2D eigenvalue weighted by Crippen LogP contribution is 2.66. The summed E-state index contributed by atoms with van der Waals surface area (Å²) in [7, 11) is -16.9. The van der Waals surface area contributed by atoms with Crippen LogP contribution in [0.1, 0.15) is 38.5 Å². The minimum atomic E-state index is -5.78. The summed E-state index contributed by atoms with van der Waals surface area (Å²) in [4.78, 5) is 63.5. The fourth-order valence-corrected chi connectivity index (χ4v) is 6.25. The van der Waals surface area contributed by atoms with Gasteiger partial charge >= 0.3 is 41.2 Å². The number of rotatable bonds is 13. The molecule has 0 bridgehead atoms. The van der Waals surface area contributed by atoms with E-state index in [4.69, 9.17) is 25.0 Å². The van der Waals surface area contributed by atoms with Crippen molar-refractivity contribution in [2.45, 2.75) is 51.3 Å². The van der Waals surface area contributed by atoms with Gasteiger partial charge in [-0.1, -0.05) is 32.1 Å². The number of carbonyl (C=O) groups excluding carboxylic acids is 1. The van der Waals surface area contributed by atoms with E-state index < -0.39 is 72.8 Å². The summed E-state index contributed by atoms with van der Waals surface area (Å²) >= 11 is 0. The number of nitrogens with one attached hydrogen (secondary N) is 1. The first-order valence-electron chi connectivity index (χ1n) is 11.9. The Morgan fingerprint density at radius 3 is 2.49 bits per heavy atom. The molecule has 43 heavy (non-hydrogen) atoms. The van der Waals surface area contributed by atoms with Crippen molar-refractivity contribution in [2.24, 2.45) is 5.92 Å². The van der Waals surface area contributed by atoms with Gasteiger partial charge in [0.15, 0.2) is 0 Å². The highest BCUT2D eigenvalue weighted by atomic mass is 31.3. The maximum atomic E-state index is 12.6. The lowest BCUT2D eigenvalue weighted by Gasteiger charge is -2.22. The number of aromatic nitrogens is 2. The van der Waals surface area contributed by atoms with Crippen LogP contribution >= 0.6 is 23.5 Å². The van der Waals surface area contributed by atoms with Crippen LogP contribution in [-0.4, -0.2) is 73.2 Å². The quantitative estimate of drug-likeness (QED) is 0.124. The Morgan fingerprint density at radius 2 is 1.91 bits per heavy atom. The first-order valence-corrected chi connectivity index (χ1v) is 16.4. The van der Waals surface area contributed by atoms with Crippen LogP contribution in [0.25, 0.3) is 0 Å². The standard InChI is InChI=1S/C19H28F3N4O14P3/c1-3-11(2)9-36-13-7-15(38-14(13)10-37-42(32,33)40-43(34,35)39-41(29,30)31)26-8-12(16(23)25-18(26)28)5-4-6-24-17(27)19(20,21)22/h8,11,13-15H,3,6-7,9-10H2,1-2H3,(H,24,27)(H,32,33)(H,34,35)(H2,23,25,28)(H2,29,30,31)/t11?,13-,14?,15-/m1/s1. The molecule has 1 amide bonds. The molecular weight excluding hydrogens is 658 g/mol. The molecule has 1 aromatic heterocycles. The molecule has 6 atom stereocenters.